The molecule has 1 aromatic heterocycles. The van der Waals surface area contributed by atoms with Crippen molar-refractivity contribution in [1.29, 1.82) is 0 Å². The number of nitrogens with two attached hydrogens (primary N) is 2. The van der Waals surface area contributed by atoms with Crippen LogP contribution in [0.1, 0.15) is 29.0 Å². The van der Waals surface area contributed by atoms with Crippen molar-refractivity contribution >= 4 is 35.8 Å². The molecule has 0 bridgehead atoms. The fourth-order valence-corrected chi connectivity index (χ4v) is 1.24. The average Bonchev–Trinajstić information content (AvgIpc) is 2.91. The zero-order valence-corrected chi connectivity index (χ0v) is 11.5. The van der Waals surface area contributed by atoms with Crippen molar-refractivity contribution in [3.63, 3.8) is 0 Å². The number of amides is 1. The molecular weight excluding hydrogens is 335 g/mol. The van der Waals surface area contributed by atoms with E-state index in [1.165, 1.54) is 6.26 Å². The van der Waals surface area contributed by atoms with Gasteiger partial charge in [0, 0.05) is 6.04 Å². The van der Waals surface area contributed by atoms with Gasteiger partial charge in [0.2, 0.25) is 0 Å². The summed E-state index contributed by atoms with van der Waals surface area (Å²) in [6.45, 7) is 0.304. The van der Waals surface area contributed by atoms with Crippen molar-refractivity contribution in [2.45, 2.75) is 25.4 Å². The first-order valence-corrected chi connectivity index (χ1v) is 5.09. The van der Waals surface area contributed by atoms with Gasteiger partial charge in [-0.3, -0.25) is 4.79 Å². The molecule has 1 aliphatic carbocycles. The van der Waals surface area contributed by atoms with Gasteiger partial charge in [0.05, 0.1) is 5.56 Å². The van der Waals surface area contributed by atoms with Crippen LogP contribution in [-0.4, -0.2) is 17.9 Å². The van der Waals surface area contributed by atoms with E-state index >= 15 is 0 Å². The van der Waals surface area contributed by atoms with Crippen LogP contribution >= 0.6 is 24.0 Å². The van der Waals surface area contributed by atoms with Crippen LogP contribution in [0.3, 0.4) is 0 Å². The molecule has 17 heavy (non-hydrogen) atoms. The largest absolute Gasteiger partial charge is 0.467 e. The number of guanidine groups is 1. The summed E-state index contributed by atoms with van der Waals surface area (Å²) in [4.78, 5) is 14.9. The molecule has 0 aliphatic heterocycles. The van der Waals surface area contributed by atoms with Crippen LogP contribution in [0, 0.1) is 0 Å². The minimum Gasteiger partial charge on any atom is -0.467 e. The number of hydrogen-bond acceptors (Lipinski definition) is 3. The molecule has 0 atom stereocenters. The van der Waals surface area contributed by atoms with E-state index in [4.69, 9.17) is 15.9 Å². The van der Waals surface area contributed by atoms with E-state index in [2.05, 4.69) is 10.3 Å². The van der Waals surface area contributed by atoms with E-state index in [0.717, 1.165) is 12.8 Å². The number of primary amides is 1. The van der Waals surface area contributed by atoms with Crippen molar-refractivity contribution in [2.24, 2.45) is 16.5 Å². The summed E-state index contributed by atoms with van der Waals surface area (Å²) in [5, 5.41) is 3.05. The number of rotatable bonds is 4. The molecule has 1 fully saturated rings. The molecule has 2 rings (SSSR count). The summed E-state index contributed by atoms with van der Waals surface area (Å²) in [5.41, 5.74) is 11.1. The zero-order chi connectivity index (χ0) is 11.5. The first-order chi connectivity index (χ1) is 7.65. The van der Waals surface area contributed by atoms with Crippen LogP contribution < -0.4 is 16.8 Å². The van der Waals surface area contributed by atoms with Gasteiger partial charge in [0.15, 0.2) is 5.96 Å². The Morgan fingerprint density at radius 3 is 2.76 bits per heavy atom. The predicted octanol–water partition coefficient (Wildman–Crippen LogP) is 0.563. The van der Waals surface area contributed by atoms with E-state index in [0.29, 0.717) is 29.9 Å². The third-order valence-corrected chi connectivity index (χ3v) is 2.27. The molecular formula is C10H15IN4O2. The lowest BCUT2D eigenvalue weighted by Crippen LogP contribution is -2.33. The second kappa shape index (κ2) is 5.89. The Labute approximate surface area is 116 Å². The first-order valence-electron chi connectivity index (χ1n) is 5.09. The third kappa shape index (κ3) is 4.25. The molecule has 0 spiro atoms. The van der Waals surface area contributed by atoms with Crippen molar-refractivity contribution in [1.82, 2.24) is 5.32 Å². The Hall–Kier alpha value is -1.25. The molecule has 7 heteroatoms. The maximum atomic E-state index is 10.8. The van der Waals surface area contributed by atoms with E-state index in [1.54, 1.807) is 6.07 Å². The Morgan fingerprint density at radius 1 is 1.53 bits per heavy atom. The highest BCUT2D eigenvalue weighted by atomic mass is 127. The smallest absolute Gasteiger partial charge is 0.251 e. The van der Waals surface area contributed by atoms with Crippen molar-refractivity contribution in [2.75, 3.05) is 0 Å². The molecule has 5 N–H and O–H groups in total. The second-order valence-corrected chi connectivity index (χ2v) is 3.79. The lowest BCUT2D eigenvalue weighted by atomic mass is 10.3. The van der Waals surface area contributed by atoms with E-state index in [-0.39, 0.29) is 24.0 Å². The van der Waals surface area contributed by atoms with Crippen LogP contribution in [0.25, 0.3) is 0 Å². The number of carbonyl (C=O) groups is 1. The highest BCUT2D eigenvalue weighted by Gasteiger charge is 2.21. The Bertz CT molecular complexity index is 426. The summed E-state index contributed by atoms with van der Waals surface area (Å²) in [6.07, 6.45) is 3.60. The lowest BCUT2D eigenvalue weighted by Gasteiger charge is -2.01. The molecule has 1 heterocycles. The van der Waals surface area contributed by atoms with Gasteiger partial charge in [-0.2, -0.15) is 0 Å². The molecule has 1 aromatic rings. The molecule has 1 saturated carbocycles. The Kier molecular flexibility index (Phi) is 4.79. The van der Waals surface area contributed by atoms with Crippen LogP contribution in [0.15, 0.2) is 21.7 Å². The number of hydrogen-bond donors (Lipinski definition) is 3. The maximum Gasteiger partial charge on any atom is 0.251 e. The molecule has 0 unspecified atom stereocenters. The van der Waals surface area contributed by atoms with Gasteiger partial charge >= 0.3 is 0 Å². The number of halogens is 1. The highest BCUT2D eigenvalue weighted by Crippen LogP contribution is 2.18. The quantitative estimate of drug-likeness (QED) is 0.419. The summed E-state index contributed by atoms with van der Waals surface area (Å²) in [5.74, 6) is 0.455. The number of carbonyl (C=O) groups excluding carboxylic acids is 1. The number of nitrogens with zero attached hydrogens (tertiary/aromatic N) is 1. The Morgan fingerprint density at radius 2 is 2.24 bits per heavy atom. The predicted molar refractivity (Wildman–Crippen MR) is 74.1 cm³/mol. The zero-order valence-electron chi connectivity index (χ0n) is 9.18. The topological polar surface area (TPSA) is 107 Å². The number of aliphatic imine (C=N–C) groups is 1. The van der Waals surface area contributed by atoms with Crippen LogP contribution in [0.2, 0.25) is 0 Å². The third-order valence-electron chi connectivity index (χ3n) is 2.27. The van der Waals surface area contributed by atoms with Crippen molar-refractivity contribution < 1.29 is 9.21 Å². The Balaban J connectivity index is 0.00000144. The highest BCUT2D eigenvalue weighted by molar-refractivity contribution is 14.0. The second-order valence-electron chi connectivity index (χ2n) is 3.79. The van der Waals surface area contributed by atoms with Crippen molar-refractivity contribution in [3.05, 3.63) is 23.7 Å². The summed E-state index contributed by atoms with van der Waals surface area (Å²) in [6, 6.07) is 2.04. The molecule has 0 saturated heterocycles. The molecule has 0 aromatic carbocycles. The molecule has 6 nitrogen and oxygen atoms in total. The monoisotopic (exact) mass is 350 g/mol. The van der Waals surface area contributed by atoms with Crippen molar-refractivity contribution in [3.8, 4) is 0 Å². The maximum absolute atomic E-state index is 10.8. The van der Waals surface area contributed by atoms with Crippen LogP contribution in [0.4, 0.5) is 0 Å². The van der Waals surface area contributed by atoms with Gasteiger partial charge in [-0.15, -0.1) is 24.0 Å². The SMILES string of the molecule is I.NC(=O)c1coc(CN=C(N)NC2CC2)c1. The number of nitrogens with one attached hydrogen (secondary N) is 1. The molecule has 94 valence electrons. The van der Waals surface area contributed by atoms with Gasteiger partial charge in [-0.1, -0.05) is 0 Å². The van der Waals surface area contributed by atoms with Gasteiger partial charge in [-0.05, 0) is 18.9 Å². The van der Waals surface area contributed by atoms with Gasteiger partial charge in [0.1, 0.15) is 18.6 Å². The summed E-state index contributed by atoms with van der Waals surface area (Å²) in [7, 11) is 0. The lowest BCUT2D eigenvalue weighted by molar-refractivity contribution is 0.0999. The normalized spacial score (nSPS) is 15.2. The fourth-order valence-electron chi connectivity index (χ4n) is 1.24. The summed E-state index contributed by atoms with van der Waals surface area (Å²) >= 11 is 0. The minimum atomic E-state index is -0.511. The van der Waals surface area contributed by atoms with Crippen LogP contribution in [0.5, 0.6) is 0 Å². The van der Waals surface area contributed by atoms with E-state index < -0.39 is 5.91 Å². The average molecular weight is 350 g/mol. The number of furan rings is 1. The van der Waals surface area contributed by atoms with Crippen LogP contribution in [-0.2, 0) is 6.54 Å². The molecule has 1 amide bonds. The summed E-state index contributed by atoms with van der Waals surface area (Å²) < 4.78 is 5.11. The minimum absolute atomic E-state index is 0. The molecule has 1 aliphatic rings. The van der Waals surface area contributed by atoms with E-state index in [9.17, 15) is 4.79 Å². The fraction of sp³-hybridized carbons (Fsp3) is 0.400. The first kappa shape index (κ1) is 13.8. The van der Waals surface area contributed by atoms with Gasteiger partial charge in [-0.25, -0.2) is 4.99 Å². The molecule has 0 radical (unpaired) electrons. The van der Waals surface area contributed by atoms with E-state index in [1.807, 2.05) is 0 Å². The standard InChI is InChI=1S/C10H14N4O2.HI/c11-9(15)6-3-8(16-5-6)4-13-10(12)14-7-1-2-7;/h3,5,7H,1-2,4H2,(H2,11,15)(H3,12,13,14);1H. The van der Waals surface area contributed by atoms with Gasteiger partial charge < -0.3 is 21.2 Å². The van der Waals surface area contributed by atoms with Gasteiger partial charge in [0.25, 0.3) is 5.91 Å².